The fourth-order valence-electron chi connectivity index (χ4n) is 7.37. The highest BCUT2D eigenvalue weighted by Gasteiger charge is 2.38. The number of hydrogen-bond donors (Lipinski definition) is 15. The summed E-state index contributed by atoms with van der Waals surface area (Å²) in [5.74, 6) is -7.77. The molecule has 7 atom stereocenters. The van der Waals surface area contributed by atoms with Gasteiger partial charge in [0.2, 0.25) is 29.5 Å². The first-order chi connectivity index (χ1) is 34.8. The molecule has 23 N–H and O–H groups in total. The molecule has 0 aromatic carbocycles. The number of aromatic amines is 1. The number of hydrogen-bond acceptors (Lipinski definition) is 17. The van der Waals surface area contributed by atoms with Gasteiger partial charge in [0.1, 0.15) is 41.6 Å². The van der Waals surface area contributed by atoms with E-state index >= 15 is 0 Å². The van der Waals surface area contributed by atoms with Crippen molar-refractivity contribution in [1.29, 1.82) is 0 Å². The van der Waals surface area contributed by atoms with E-state index in [4.69, 9.17) is 45.9 Å². The van der Waals surface area contributed by atoms with E-state index in [-0.39, 0.29) is 88.4 Å². The molecule has 408 valence electrons. The van der Waals surface area contributed by atoms with Gasteiger partial charge in [0, 0.05) is 37.9 Å². The van der Waals surface area contributed by atoms with E-state index in [9.17, 15) is 48.3 Å². The van der Waals surface area contributed by atoms with Gasteiger partial charge in [-0.3, -0.25) is 48.1 Å². The van der Waals surface area contributed by atoms with Gasteiger partial charge in [0.05, 0.1) is 25.0 Å². The van der Waals surface area contributed by atoms with Crippen molar-refractivity contribution in [1.82, 2.24) is 41.5 Å². The van der Waals surface area contributed by atoms with Gasteiger partial charge in [-0.1, -0.05) is 19.3 Å². The number of H-pyrrole nitrogens is 1. The Hall–Kier alpha value is -6.79. The molecule has 1 saturated heterocycles. The Bertz CT molecular complexity index is 2080. The number of imidazole rings is 1. The molecule has 0 aliphatic carbocycles. The molecule has 1 aliphatic heterocycles. The Kier molecular flexibility index (Phi) is 28.8. The van der Waals surface area contributed by atoms with Crippen molar-refractivity contribution in [3.63, 3.8) is 0 Å². The SMILES string of the molecule is C[C@H](NC(=O)[C@@H](NC(=O)[C@@H](N)CCCCN)[C@@H](O)CN)C(=O)NCC(=O)N=C(CCCN)C(=O)N1CCC[C@H]1C(=O)N[C@@H](Cc1cnc[nH]1)C(=O)N[C@@H](CCCCCN)C(=O)N=C(CCCN=C(N)N)C(N)=O. The van der Waals surface area contributed by atoms with Gasteiger partial charge in [-0.2, -0.15) is 0 Å². The Morgan fingerprint density at radius 2 is 1.45 bits per heavy atom. The molecular formula is C44H77N19O10. The van der Waals surface area contributed by atoms with Crippen LogP contribution in [0, 0.1) is 0 Å². The van der Waals surface area contributed by atoms with Crippen LogP contribution in [0.25, 0.3) is 0 Å². The van der Waals surface area contributed by atoms with Crippen molar-refractivity contribution < 1.29 is 48.3 Å². The Balaban J connectivity index is 2.26. The van der Waals surface area contributed by atoms with Crippen LogP contribution in [-0.2, 0) is 49.6 Å². The number of nitrogens with zero attached hydrogens (tertiary/aromatic N) is 5. The lowest BCUT2D eigenvalue weighted by atomic mass is 10.0. The zero-order valence-corrected chi connectivity index (χ0v) is 41.5. The number of amides is 9. The fraction of sp³-hybridized carbons (Fsp3) is 0.659. The largest absolute Gasteiger partial charge is 0.389 e. The first-order valence-electron chi connectivity index (χ1n) is 24.4. The summed E-state index contributed by atoms with van der Waals surface area (Å²) in [5, 5.41) is 22.8. The summed E-state index contributed by atoms with van der Waals surface area (Å²) in [7, 11) is 0. The van der Waals surface area contributed by atoms with Crippen LogP contribution in [-0.4, -0.2) is 179 Å². The van der Waals surface area contributed by atoms with E-state index in [2.05, 4.69) is 51.5 Å². The number of nitrogens with one attached hydrogen (secondary N) is 6. The van der Waals surface area contributed by atoms with Gasteiger partial charge in [0.15, 0.2) is 5.96 Å². The summed E-state index contributed by atoms with van der Waals surface area (Å²) in [4.78, 5) is 140. The monoisotopic (exact) mass is 1030 g/mol. The molecule has 9 amide bonds. The van der Waals surface area contributed by atoms with Gasteiger partial charge in [-0.25, -0.2) is 15.0 Å². The lowest BCUT2D eigenvalue weighted by Gasteiger charge is -2.27. The number of aromatic nitrogens is 2. The normalized spacial score (nSPS) is 16.2. The minimum atomic E-state index is -1.57. The van der Waals surface area contributed by atoms with E-state index in [1.54, 1.807) is 0 Å². The average molecular weight is 1030 g/mol. The van der Waals surface area contributed by atoms with E-state index < -0.39 is 109 Å². The van der Waals surface area contributed by atoms with Gasteiger partial charge in [0.25, 0.3) is 23.6 Å². The highest BCUT2D eigenvalue weighted by atomic mass is 16.3. The van der Waals surface area contributed by atoms with Crippen LogP contribution in [0.15, 0.2) is 27.5 Å². The number of likely N-dealkylation sites (tertiary alicyclic amines) is 1. The summed E-state index contributed by atoms with van der Waals surface area (Å²) >= 11 is 0. The van der Waals surface area contributed by atoms with Crippen molar-refractivity contribution in [2.45, 2.75) is 139 Å². The molecule has 1 aromatic heterocycles. The van der Waals surface area contributed by atoms with Gasteiger partial charge < -0.3 is 87.4 Å². The number of rotatable bonds is 34. The molecule has 2 heterocycles. The van der Waals surface area contributed by atoms with Crippen LogP contribution < -0.4 is 72.5 Å². The maximum atomic E-state index is 14.1. The third-order valence-electron chi connectivity index (χ3n) is 11.4. The molecule has 0 saturated carbocycles. The van der Waals surface area contributed by atoms with Gasteiger partial charge >= 0.3 is 0 Å². The van der Waals surface area contributed by atoms with E-state index in [0.717, 1.165) is 0 Å². The molecule has 0 radical (unpaired) electrons. The van der Waals surface area contributed by atoms with Crippen molar-refractivity contribution in [3.05, 3.63) is 18.2 Å². The van der Waals surface area contributed by atoms with Crippen molar-refractivity contribution in [3.8, 4) is 0 Å². The Morgan fingerprint density at radius 3 is 2.08 bits per heavy atom. The quantitative estimate of drug-likeness (QED) is 0.0173. The van der Waals surface area contributed by atoms with Crippen molar-refractivity contribution in [2.75, 3.05) is 45.8 Å². The maximum Gasteiger partial charge on any atom is 0.269 e. The second kappa shape index (κ2) is 33.8. The molecule has 2 rings (SSSR count). The standard InChI is InChI=1S/C44H77N19O10/c1-25(57-42(72)35(33(64)21-48)62-38(68)27(49)10-4-6-16-46)37(67)55-23-34(65)58-30(12-7-17-47)43(73)63-19-9-14-32(63)41(71)61-31(20-26-22-53-24-56-26)40(70)60-29(11-3-2-5-15-45)39(69)59-28(36(50)66)13-8-18-54-44(51)52/h22,24-25,27,29,31-33,35,64H,2-21,23,45-49H2,1H3,(H2,50,66)(H,53,56)(H,55,67)(H,57,72)(H,60,70)(H,61,71)(H,62,68)(H4,51,52,54)/t25-,27-,29-,31-,32-,33-,35-/m0/s1. The zero-order valence-electron chi connectivity index (χ0n) is 41.5. The molecule has 29 heteroatoms. The second-order valence-corrected chi connectivity index (χ2v) is 17.3. The van der Waals surface area contributed by atoms with E-state index in [1.165, 1.54) is 24.3 Å². The van der Waals surface area contributed by atoms with Crippen molar-refractivity contribution in [2.24, 2.45) is 60.8 Å². The number of primary amides is 1. The number of carbonyl (C=O) groups excluding carboxylic acids is 9. The minimum absolute atomic E-state index is 0.0358. The van der Waals surface area contributed by atoms with Crippen LogP contribution in [0.4, 0.5) is 0 Å². The predicted octanol–water partition coefficient (Wildman–Crippen LogP) is -6.47. The fourth-order valence-corrected chi connectivity index (χ4v) is 7.37. The molecule has 73 heavy (non-hydrogen) atoms. The van der Waals surface area contributed by atoms with Gasteiger partial charge in [-0.05, 0) is 90.8 Å². The zero-order chi connectivity index (χ0) is 54.5. The van der Waals surface area contributed by atoms with Crippen LogP contribution in [0.1, 0.15) is 96.1 Å². The Morgan fingerprint density at radius 1 is 0.781 bits per heavy atom. The predicted molar refractivity (Wildman–Crippen MR) is 269 cm³/mol. The number of unbranched alkanes of at least 4 members (excludes halogenated alkanes) is 3. The van der Waals surface area contributed by atoms with Crippen LogP contribution >= 0.6 is 0 Å². The van der Waals surface area contributed by atoms with Gasteiger partial charge in [-0.15, -0.1) is 0 Å². The van der Waals surface area contributed by atoms with Crippen LogP contribution in [0.5, 0.6) is 0 Å². The first kappa shape index (κ1) is 62.3. The molecule has 0 spiro atoms. The smallest absolute Gasteiger partial charge is 0.269 e. The number of carbonyl (C=O) groups is 9. The summed E-state index contributed by atoms with van der Waals surface area (Å²) < 4.78 is 0. The van der Waals surface area contributed by atoms with E-state index in [1.807, 2.05) is 0 Å². The molecule has 1 aliphatic rings. The lowest BCUT2D eigenvalue weighted by Crippen LogP contribution is -2.60. The summed E-state index contributed by atoms with van der Waals surface area (Å²) in [5.41, 5.74) is 44.6. The second-order valence-electron chi connectivity index (χ2n) is 17.3. The summed E-state index contributed by atoms with van der Waals surface area (Å²) in [6.07, 6.45) is 5.21. The molecule has 1 aromatic rings. The molecule has 0 unspecified atom stereocenters. The molecule has 29 nitrogen and oxygen atoms in total. The van der Waals surface area contributed by atoms with E-state index in [0.29, 0.717) is 57.3 Å². The highest BCUT2D eigenvalue weighted by molar-refractivity contribution is 6.41. The first-order valence-corrected chi connectivity index (χ1v) is 24.4. The van der Waals surface area contributed by atoms with Crippen molar-refractivity contribution >= 4 is 70.5 Å². The Labute approximate surface area is 423 Å². The minimum Gasteiger partial charge on any atom is -0.389 e. The van der Waals surface area contributed by atoms with Crippen LogP contribution in [0.2, 0.25) is 0 Å². The number of nitrogens with two attached hydrogens (primary N) is 8. The average Bonchev–Trinajstić information content (AvgIpc) is 4.08. The third kappa shape index (κ3) is 22.7. The maximum absolute atomic E-state index is 14.1. The molecule has 0 bridgehead atoms. The third-order valence-corrected chi connectivity index (χ3v) is 11.4. The lowest BCUT2D eigenvalue weighted by molar-refractivity contribution is -0.136. The molecular weight excluding hydrogens is 955 g/mol. The van der Waals surface area contributed by atoms with Crippen LogP contribution in [0.3, 0.4) is 0 Å². The summed E-state index contributed by atoms with van der Waals surface area (Å²) in [6.45, 7) is 1.25. The molecule has 1 fully saturated rings. The summed E-state index contributed by atoms with van der Waals surface area (Å²) in [6, 6.07) is -7.60. The number of aliphatic imine (C=N–C) groups is 3. The topological polar surface area (TPSA) is 511 Å². The number of aliphatic hydroxyl groups is 1. The number of aliphatic hydroxyl groups excluding tert-OH is 1. The number of guanidine groups is 1. The highest BCUT2D eigenvalue weighted by Crippen LogP contribution is 2.20.